The number of urea groups is 1. The van der Waals surface area contributed by atoms with Gasteiger partial charge in [0.05, 0.1) is 0 Å². The van der Waals surface area contributed by atoms with E-state index in [0.29, 0.717) is 17.0 Å². The van der Waals surface area contributed by atoms with Crippen LogP contribution in [-0.2, 0) is 14.4 Å². The first-order chi connectivity index (χ1) is 10.8. The Balaban J connectivity index is 2.06. The second kappa shape index (κ2) is 6.60. The van der Waals surface area contributed by atoms with Gasteiger partial charge in [-0.15, -0.1) is 0 Å². The first kappa shape index (κ1) is 16.7. The van der Waals surface area contributed by atoms with Crippen molar-refractivity contribution in [1.82, 2.24) is 9.80 Å². The predicted molar refractivity (Wildman–Crippen MR) is 83.7 cm³/mol. The Kier molecular flexibility index (Phi) is 4.78. The second-order valence-electron chi connectivity index (χ2n) is 5.50. The number of aryl methyl sites for hydroxylation is 2. The van der Waals surface area contributed by atoms with Crippen molar-refractivity contribution < 1.29 is 19.2 Å². The van der Waals surface area contributed by atoms with Crippen LogP contribution in [-0.4, -0.2) is 46.6 Å². The Morgan fingerprint density at radius 3 is 2.35 bits per heavy atom. The molecule has 0 unspecified atom stereocenters. The molecule has 0 aliphatic carbocycles. The average molecular weight is 317 g/mol. The molecule has 1 aliphatic heterocycles. The maximum absolute atomic E-state index is 12.1. The minimum Gasteiger partial charge on any atom is -0.324 e. The molecule has 1 fully saturated rings. The highest BCUT2D eigenvalue weighted by Crippen LogP contribution is 2.17. The highest BCUT2D eigenvalue weighted by atomic mass is 16.2. The molecule has 2 rings (SSSR count). The standard InChI is InChI=1S/C16H19N3O4/c1-4-7-18-14(21)15(22)19(16(18)23)9-13(20)17-12-6-5-10(2)8-11(12)3/h5-6,8H,4,7,9H2,1-3H3,(H,17,20). The van der Waals surface area contributed by atoms with Crippen LogP contribution < -0.4 is 5.32 Å². The third kappa shape index (κ3) is 3.39. The minimum atomic E-state index is -0.959. The van der Waals surface area contributed by atoms with Gasteiger partial charge in [-0.25, -0.2) is 9.69 Å². The molecule has 0 saturated carbocycles. The minimum absolute atomic E-state index is 0.165. The molecule has 0 atom stereocenters. The summed E-state index contributed by atoms with van der Waals surface area (Å²) in [7, 11) is 0. The van der Waals surface area contributed by atoms with Gasteiger partial charge in [-0.2, -0.15) is 0 Å². The van der Waals surface area contributed by atoms with E-state index in [2.05, 4.69) is 5.32 Å². The molecule has 1 aliphatic rings. The van der Waals surface area contributed by atoms with Gasteiger partial charge in [0.2, 0.25) is 5.91 Å². The van der Waals surface area contributed by atoms with E-state index in [4.69, 9.17) is 0 Å². The van der Waals surface area contributed by atoms with Crippen molar-refractivity contribution >= 4 is 29.4 Å². The lowest BCUT2D eigenvalue weighted by Gasteiger charge is -2.15. The van der Waals surface area contributed by atoms with E-state index in [1.165, 1.54) is 0 Å². The van der Waals surface area contributed by atoms with Crippen LogP contribution in [0.5, 0.6) is 0 Å². The number of hydrogen-bond acceptors (Lipinski definition) is 4. The van der Waals surface area contributed by atoms with Crippen LogP contribution in [0.15, 0.2) is 18.2 Å². The van der Waals surface area contributed by atoms with E-state index in [0.717, 1.165) is 16.0 Å². The van der Waals surface area contributed by atoms with Crippen molar-refractivity contribution in [1.29, 1.82) is 0 Å². The zero-order valence-electron chi connectivity index (χ0n) is 13.4. The molecule has 0 radical (unpaired) electrons. The molecule has 122 valence electrons. The van der Waals surface area contributed by atoms with Gasteiger partial charge in [0.15, 0.2) is 0 Å². The van der Waals surface area contributed by atoms with E-state index in [1.807, 2.05) is 26.0 Å². The first-order valence-electron chi connectivity index (χ1n) is 7.39. The van der Waals surface area contributed by atoms with Crippen molar-refractivity contribution in [3.8, 4) is 0 Å². The molecule has 0 spiro atoms. The molecule has 1 N–H and O–H groups in total. The van der Waals surface area contributed by atoms with Gasteiger partial charge in [-0.3, -0.25) is 19.3 Å². The number of carbonyl (C=O) groups excluding carboxylic acids is 4. The van der Waals surface area contributed by atoms with Crippen LogP contribution in [0.2, 0.25) is 0 Å². The zero-order valence-corrected chi connectivity index (χ0v) is 13.4. The van der Waals surface area contributed by atoms with Crippen LogP contribution in [0.3, 0.4) is 0 Å². The van der Waals surface area contributed by atoms with Gasteiger partial charge in [-0.05, 0) is 31.9 Å². The van der Waals surface area contributed by atoms with Crippen molar-refractivity contribution in [2.75, 3.05) is 18.4 Å². The maximum atomic E-state index is 12.1. The number of rotatable bonds is 5. The summed E-state index contributed by atoms with van der Waals surface area (Å²) in [6, 6.07) is 4.78. The number of anilines is 1. The van der Waals surface area contributed by atoms with Gasteiger partial charge in [0.25, 0.3) is 0 Å². The van der Waals surface area contributed by atoms with Crippen molar-refractivity contribution in [2.24, 2.45) is 0 Å². The van der Waals surface area contributed by atoms with E-state index in [1.54, 1.807) is 13.0 Å². The number of imide groups is 2. The smallest absolute Gasteiger partial charge is 0.324 e. The fourth-order valence-corrected chi connectivity index (χ4v) is 2.40. The van der Waals surface area contributed by atoms with Crippen LogP contribution in [0.25, 0.3) is 0 Å². The van der Waals surface area contributed by atoms with Gasteiger partial charge in [0.1, 0.15) is 6.54 Å². The summed E-state index contributed by atoms with van der Waals surface area (Å²) in [4.78, 5) is 49.2. The van der Waals surface area contributed by atoms with E-state index >= 15 is 0 Å². The lowest BCUT2D eigenvalue weighted by Crippen LogP contribution is -2.39. The maximum Gasteiger partial charge on any atom is 0.334 e. The fraction of sp³-hybridized carbons (Fsp3) is 0.375. The third-order valence-corrected chi connectivity index (χ3v) is 3.54. The van der Waals surface area contributed by atoms with E-state index in [9.17, 15) is 19.2 Å². The molecular weight excluding hydrogens is 298 g/mol. The fourth-order valence-electron chi connectivity index (χ4n) is 2.40. The van der Waals surface area contributed by atoms with E-state index in [-0.39, 0.29) is 6.54 Å². The summed E-state index contributed by atoms with van der Waals surface area (Å²) in [5.41, 5.74) is 2.55. The lowest BCUT2D eigenvalue weighted by atomic mass is 10.1. The molecule has 0 bridgehead atoms. The topological polar surface area (TPSA) is 86.8 Å². The summed E-state index contributed by atoms with van der Waals surface area (Å²) in [5.74, 6) is -2.36. The Morgan fingerprint density at radius 2 is 1.74 bits per heavy atom. The van der Waals surface area contributed by atoms with Gasteiger partial charge in [-0.1, -0.05) is 24.6 Å². The third-order valence-electron chi connectivity index (χ3n) is 3.54. The largest absolute Gasteiger partial charge is 0.334 e. The number of amides is 5. The monoisotopic (exact) mass is 317 g/mol. The van der Waals surface area contributed by atoms with Gasteiger partial charge >= 0.3 is 17.8 Å². The number of benzene rings is 1. The molecular formula is C16H19N3O4. The summed E-state index contributed by atoms with van der Waals surface area (Å²) in [6.07, 6.45) is 0.549. The number of carbonyl (C=O) groups is 4. The Bertz CT molecular complexity index is 684. The van der Waals surface area contributed by atoms with Crippen molar-refractivity contribution in [2.45, 2.75) is 27.2 Å². The molecule has 1 aromatic rings. The predicted octanol–water partition coefficient (Wildman–Crippen LogP) is 1.44. The van der Waals surface area contributed by atoms with Crippen LogP contribution in [0.4, 0.5) is 10.5 Å². The number of nitrogens with zero attached hydrogens (tertiary/aromatic N) is 2. The van der Waals surface area contributed by atoms with E-state index < -0.39 is 30.3 Å². The van der Waals surface area contributed by atoms with Crippen molar-refractivity contribution in [3.63, 3.8) is 0 Å². The molecule has 5 amide bonds. The molecule has 23 heavy (non-hydrogen) atoms. The average Bonchev–Trinajstić information content (AvgIpc) is 2.68. The van der Waals surface area contributed by atoms with Crippen LogP contribution >= 0.6 is 0 Å². The summed E-state index contributed by atoms with van der Waals surface area (Å²) in [5, 5.41) is 2.65. The zero-order chi connectivity index (χ0) is 17.1. The molecule has 7 heteroatoms. The summed E-state index contributed by atoms with van der Waals surface area (Å²) in [6.45, 7) is 5.27. The first-order valence-corrected chi connectivity index (χ1v) is 7.39. The highest BCUT2D eigenvalue weighted by molar-refractivity contribution is 6.45. The van der Waals surface area contributed by atoms with Crippen LogP contribution in [0, 0.1) is 13.8 Å². The second-order valence-corrected chi connectivity index (χ2v) is 5.50. The van der Waals surface area contributed by atoms with Gasteiger partial charge < -0.3 is 5.32 Å². The summed E-state index contributed by atoms with van der Waals surface area (Å²) < 4.78 is 0. The molecule has 1 saturated heterocycles. The Hall–Kier alpha value is -2.70. The Morgan fingerprint density at radius 1 is 1.09 bits per heavy atom. The van der Waals surface area contributed by atoms with Crippen molar-refractivity contribution in [3.05, 3.63) is 29.3 Å². The normalized spacial score (nSPS) is 14.7. The van der Waals surface area contributed by atoms with Gasteiger partial charge in [0, 0.05) is 12.2 Å². The molecule has 1 heterocycles. The van der Waals surface area contributed by atoms with Crippen LogP contribution in [0.1, 0.15) is 24.5 Å². The number of nitrogens with one attached hydrogen (secondary N) is 1. The molecule has 0 aromatic heterocycles. The molecule has 1 aromatic carbocycles. The lowest BCUT2D eigenvalue weighted by molar-refractivity contribution is -0.143. The Labute approximate surface area is 134 Å². The molecule has 7 nitrogen and oxygen atoms in total. The highest BCUT2D eigenvalue weighted by Gasteiger charge is 2.44. The quantitative estimate of drug-likeness (QED) is 0.657. The SMILES string of the molecule is CCCN1C(=O)C(=O)N(CC(=O)Nc2ccc(C)cc2C)C1=O. The summed E-state index contributed by atoms with van der Waals surface area (Å²) >= 11 is 0. The number of hydrogen-bond donors (Lipinski definition) is 1.